The Hall–Kier alpha value is -1.82. The zero-order valence-electron chi connectivity index (χ0n) is 8.92. The molecule has 2 N–H and O–H groups in total. The Morgan fingerprint density at radius 3 is 2.76 bits per heavy atom. The first-order valence-corrected chi connectivity index (χ1v) is 5.10. The zero-order valence-corrected chi connectivity index (χ0v) is 9.68. The number of alkyl halides is 1. The van der Waals surface area contributed by atoms with Crippen LogP contribution in [0.3, 0.4) is 0 Å². The van der Waals surface area contributed by atoms with Gasteiger partial charge in [-0.05, 0) is 12.1 Å². The van der Waals surface area contributed by atoms with Gasteiger partial charge in [-0.1, -0.05) is 0 Å². The van der Waals surface area contributed by atoms with Crippen LogP contribution in [0.25, 0.3) is 0 Å². The lowest BCUT2D eigenvalue weighted by molar-refractivity contribution is -0.117. The lowest BCUT2D eigenvalue weighted by Gasteiger charge is -2.10. The number of imide groups is 1. The first-order chi connectivity index (χ1) is 8.06. The Balaban J connectivity index is 2.74. The van der Waals surface area contributed by atoms with E-state index in [2.05, 4.69) is 5.32 Å². The predicted octanol–water partition coefficient (Wildman–Crippen LogP) is 1.72. The molecule has 5 nitrogen and oxygen atoms in total. The molecule has 0 unspecified atom stereocenters. The molecule has 0 aromatic heterocycles. The Morgan fingerprint density at radius 1 is 1.47 bits per heavy atom. The third-order valence-electron chi connectivity index (χ3n) is 1.79. The van der Waals surface area contributed by atoms with Crippen LogP contribution in [0.2, 0.25) is 0 Å². The van der Waals surface area contributed by atoms with E-state index in [4.69, 9.17) is 16.3 Å². The number of rotatable bonds is 3. The number of hydrogen-bond acceptors (Lipinski definition) is 3. The molecule has 0 heterocycles. The normalized spacial score (nSPS) is 9.59. The number of benzene rings is 1. The molecule has 17 heavy (non-hydrogen) atoms. The maximum absolute atomic E-state index is 12.9. The van der Waals surface area contributed by atoms with E-state index < -0.39 is 17.8 Å². The SMILES string of the molecule is COc1cc(F)ccc1NC(=O)NC(=O)CCl. The second kappa shape index (κ2) is 6.05. The molecule has 92 valence electrons. The van der Waals surface area contributed by atoms with Gasteiger partial charge in [0.15, 0.2) is 0 Å². The summed E-state index contributed by atoms with van der Waals surface area (Å²) in [5.74, 6) is -1.30. The number of nitrogens with one attached hydrogen (secondary N) is 2. The third-order valence-corrected chi connectivity index (χ3v) is 2.03. The van der Waals surface area contributed by atoms with Crippen molar-refractivity contribution >= 4 is 29.2 Å². The fraction of sp³-hybridized carbons (Fsp3) is 0.200. The van der Waals surface area contributed by atoms with E-state index in [0.29, 0.717) is 0 Å². The molecule has 0 spiro atoms. The van der Waals surface area contributed by atoms with Crippen molar-refractivity contribution in [2.45, 2.75) is 0 Å². The minimum absolute atomic E-state index is 0.151. The Bertz CT molecular complexity index is 440. The lowest BCUT2D eigenvalue weighted by Crippen LogP contribution is -2.35. The van der Waals surface area contributed by atoms with E-state index in [0.717, 1.165) is 12.1 Å². The summed E-state index contributed by atoms with van der Waals surface area (Å²) in [6, 6.07) is 2.82. The number of methoxy groups -OCH3 is 1. The van der Waals surface area contributed by atoms with Crippen LogP contribution in [-0.2, 0) is 4.79 Å². The number of halogens is 2. The number of ether oxygens (including phenoxy) is 1. The summed E-state index contributed by atoms with van der Waals surface area (Å²) in [5, 5.41) is 4.31. The van der Waals surface area contributed by atoms with Gasteiger partial charge in [0, 0.05) is 6.07 Å². The Kier molecular flexibility index (Phi) is 4.71. The predicted molar refractivity (Wildman–Crippen MR) is 60.8 cm³/mol. The van der Waals surface area contributed by atoms with Gasteiger partial charge in [0.05, 0.1) is 12.8 Å². The molecule has 0 fully saturated rings. The second-order valence-electron chi connectivity index (χ2n) is 2.98. The molecule has 7 heteroatoms. The lowest BCUT2D eigenvalue weighted by atomic mass is 10.3. The molecule has 0 radical (unpaired) electrons. The minimum atomic E-state index is -0.763. The van der Waals surface area contributed by atoms with Gasteiger partial charge >= 0.3 is 6.03 Å². The van der Waals surface area contributed by atoms with Gasteiger partial charge in [-0.3, -0.25) is 10.1 Å². The average Bonchev–Trinajstić information content (AvgIpc) is 2.31. The van der Waals surface area contributed by atoms with Crippen molar-refractivity contribution < 1.29 is 18.7 Å². The molecule has 0 atom stereocenters. The number of urea groups is 1. The van der Waals surface area contributed by atoms with Crippen LogP contribution in [0.4, 0.5) is 14.9 Å². The number of carbonyl (C=O) groups excluding carboxylic acids is 2. The number of anilines is 1. The van der Waals surface area contributed by atoms with E-state index in [9.17, 15) is 14.0 Å². The van der Waals surface area contributed by atoms with Crippen molar-refractivity contribution in [3.63, 3.8) is 0 Å². The van der Waals surface area contributed by atoms with E-state index in [1.165, 1.54) is 13.2 Å². The van der Waals surface area contributed by atoms with E-state index in [1.807, 2.05) is 5.32 Å². The highest BCUT2D eigenvalue weighted by Gasteiger charge is 2.10. The highest BCUT2D eigenvalue weighted by atomic mass is 35.5. The van der Waals surface area contributed by atoms with Crippen LogP contribution in [-0.4, -0.2) is 24.9 Å². The molecule has 1 aromatic rings. The van der Waals surface area contributed by atoms with Crippen molar-refractivity contribution in [2.75, 3.05) is 18.3 Å². The fourth-order valence-corrected chi connectivity index (χ4v) is 1.15. The molecule has 0 saturated heterocycles. The summed E-state index contributed by atoms with van der Waals surface area (Å²) >= 11 is 5.21. The average molecular weight is 261 g/mol. The Labute approximate surface area is 102 Å². The number of amides is 3. The van der Waals surface area contributed by atoms with Gasteiger partial charge in [0.2, 0.25) is 5.91 Å². The van der Waals surface area contributed by atoms with E-state index >= 15 is 0 Å². The largest absolute Gasteiger partial charge is 0.494 e. The van der Waals surface area contributed by atoms with Gasteiger partial charge in [-0.2, -0.15) is 0 Å². The van der Waals surface area contributed by atoms with Gasteiger partial charge in [0.25, 0.3) is 0 Å². The topological polar surface area (TPSA) is 67.4 Å². The van der Waals surface area contributed by atoms with Crippen molar-refractivity contribution in [3.05, 3.63) is 24.0 Å². The molecule has 0 aliphatic rings. The molecular weight excluding hydrogens is 251 g/mol. The molecule has 1 rings (SSSR count). The molecular formula is C10H10ClFN2O3. The Morgan fingerprint density at radius 2 is 2.18 bits per heavy atom. The van der Waals surface area contributed by atoms with Crippen LogP contribution in [0.15, 0.2) is 18.2 Å². The monoisotopic (exact) mass is 260 g/mol. The maximum Gasteiger partial charge on any atom is 0.326 e. The van der Waals surface area contributed by atoms with Crippen LogP contribution in [0.5, 0.6) is 5.75 Å². The highest BCUT2D eigenvalue weighted by Crippen LogP contribution is 2.24. The van der Waals surface area contributed by atoms with Crippen molar-refractivity contribution in [2.24, 2.45) is 0 Å². The van der Waals surface area contributed by atoms with E-state index in [-0.39, 0.29) is 17.3 Å². The van der Waals surface area contributed by atoms with Crippen molar-refractivity contribution in [1.29, 1.82) is 0 Å². The molecule has 0 aliphatic carbocycles. The molecule has 0 bridgehead atoms. The second-order valence-corrected chi connectivity index (χ2v) is 3.25. The maximum atomic E-state index is 12.9. The quantitative estimate of drug-likeness (QED) is 0.813. The van der Waals surface area contributed by atoms with Gasteiger partial charge in [-0.15, -0.1) is 11.6 Å². The van der Waals surface area contributed by atoms with Gasteiger partial charge in [0.1, 0.15) is 17.4 Å². The standard InChI is InChI=1S/C10H10ClFN2O3/c1-17-8-4-6(12)2-3-7(8)13-10(16)14-9(15)5-11/h2-4H,5H2,1H3,(H2,13,14,15,16). The summed E-state index contributed by atoms with van der Waals surface area (Å²) < 4.78 is 17.7. The molecule has 1 aromatic carbocycles. The van der Waals surface area contributed by atoms with Crippen molar-refractivity contribution in [1.82, 2.24) is 5.32 Å². The molecule has 0 saturated carbocycles. The minimum Gasteiger partial charge on any atom is -0.494 e. The summed E-state index contributed by atoms with van der Waals surface area (Å²) in [6.45, 7) is 0. The molecule has 0 aliphatic heterocycles. The van der Waals surface area contributed by atoms with Crippen molar-refractivity contribution in [3.8, 4) is 5.75 Å². The number of carbonyl (C=O) groups is 2. The summed E-state index contributed by atoms with van der Waals surface area (Å²) in [6.07, 6.45) is 0. The van der Waals surface area contributed by atoms with E-state index in [1.54, 1.807) is 0 Å². The van der Waals surface area contributed by atoms with Crippen LogP contribution in [0, 0.1) is 5.82 Å². The smallest absolute Gasteiger partial charge is 0.326 e. The van der Waals surface area contributed by atoms with Crippen LogP contribution in [0.1, 0.15) is 0 Å². The highest BCUT2D eigenvalue weighted by molar-refractivity contribution is 6.28. The van der Waals surface area contributed by atoms with Crippen LogP contribution < -0.4 is 15.4 Å². The number of hydrogen-bond donors (Lipinski definition) is 2. The first-order valence-electron chi connectivity index (χ1n) is 4.57. The molecule has 3 amide bonds. The fourth-order valence-electron chi connectivity index (χ4n) is 1.08. The zero-order chi connectivity index (χ0) is 12.8. The summed E-state index contributed by atoms with van der Waals surface area (Å²) in [4.78, 5) is 22.1. The van der Waals surface area contributed by atoms with Gasteiger partial charge < -0.3 is 10.1 Å². The van der Waals surface area contributed by atoms with Gasteiger partial charge in [-0.25, -0.2) is 9.18 Å². The summed E-state index contributed by atoms with van der Waals surface area (Å²) in [5.41, 5.74) is 0.244. The summed E-state index contributed by atoms with van der Waals surface area (Å²) in [7, 11) is 1.34. The first kappa shape index (κ1) is 13.2. The van der Waals surface area contributed by atoms with Crippen LogP contribution >= 0.6 is 11.6 Å². The third kappa shape index (κ3) is 3.92.